The zero-order valence-electron chi connectivity index (χ0n) is 6.78. The predicted octanol–water partition coefficient (Wildman–Crippen LogP) is 2.01. The first-order chi connectivity index (χ1) is 6.49. The number of halogens is 4. The van der Waals surface area contributed by atoms with Gasteiger partial charge in [-0.2, -0.15) is 0 Å². The van der Waals surface area contributed by atoms with E-state index in [-0.39, 0.29) is 4.47 Å². The van der Waals surface area contributed by atoms with Crippen LogP contribution in [-0.2, 0) is 0 Å². The van der Waals surface area contributed by atoms with Crippen molar-refractivity contribution in [2.45, 2.75) is 0 Å². The van der Waals surface area contributed by atoms with E-state index in [2.05, 4.69) is 15.9 Å². The molecule has 1 rings (SSSR count). The Morgan fingerprint density at radius 1 is 1.29 bits per heavy atom. The molecule has 0 aliphatic rings. The molecule has 0 aromatic heterocycles. The van der Waals surface area contributed by atoms with Crippen molar-refractivity contribution in [1.29, 1.82) is 0 Å². The number of Topliss-reactive ketones (excluding diaryl/α,β-unsaturated/α-hetero) is 1. The topological polar surface area (TPSA) is 43.1 Å². The standard InChI is InChI=1S/C8H5BrF3NO/c9-4-1-3(5(14)2-13)6(10)8(12)7(4)11/h1H,2,13H2. The quantitative estimate of drug-likeness (QED) is 0.506. The van der Waals surface area contributed by atoms with Crippen LogP contribution in [0.4, 0.5) is 13.2 Å². The molecule has 0 atom stereocenters. The van der Waals surface area contributed by atoms with Crippen LogP contribution in [0, 0.1) is 17.5 Å². The molecule has 0 heterocycles. The molecule has 0 fully saturated rings. The number of hydrogen-bond donors (Lipinski definition) is 1. The van der Waals surface area contributed by atoms with Gasteiger partial charge in [-0.3, -0.25) is 4.79 Å². The zero-order valence-corrected chi connectivity index (χ0v) is 8.37. The number of benzene rings is 1. The normalized spacial score (nSPS) is 10.4. The van der Waals surface area contributed by atoms with E-state index in [1.165, 1.54) is 0 Å². The van der Waals surface area contributed by atoms with Crippen LogP contribution in [-0.4, -0.2) is 12.3 Å². The van der Waals surface area contributed by atoms with Gasteiger partial charge in [0.05, 0.1) is 16.6 Å². The highest BCUT2D eigenvalue weighted by Crippen LogP contribution is 2.23. The van der Waals surface area contributed by atoms with Gasteiger partial charge in [0, 0.05) is 0 Å². The number of ketones is 1. The monoisotopic (exact) mass is 267 g/mol. The van der Waals surface area contributed by atoms with Crippen LogP contribution in [0.3, 0.4) is 0 Å². The third kappa shape index (κ3) is 1.80. The smallest absolute Gasteiger partial charge is 0.196 e. The van der Waals surface area contributed by atoms with E-state index in [9.17, 15) is 18.0 Å². The van der Waals surface area contributed by atoms with Crippen LogP contribution in [0.2, 0.25) is 0 Å². The Bertz CT molecular complexity index is 395. The molecule has 0 radical (unpaired) electrons. The van der Waals surface area contributed by atoms with E-state index in [0.29, 0.717) is 0 Å². The van der Waals surface area contributed by atoms with Crippen molar-refractivity contribution >= 4 is 21.7 Å². The Morgan fingerprint density at radius 3 is 2.36 bits per heavy atom. The fourth-order valence-corrected chi connectivity index (χ4v) is 1.29. The van der Waals surface area contributed by atoms with Gasteiger partial charge in [0.2, 0.25) is 0 Å². The minimum Gasteiger partial charge on any atom is -0.324 e. The molecule has 0 aliphatic heterocycles. The molecule has 1 aromatic rings. The molecule has 6 heteroatoms. The summed E-state index contributed by atoms with van der Waals surface area (Å²) in [4.78, 5) is 11.0. The summed E-state index contributed by atoms with van der Waals surface area (Å²) in [6.07, 6.45) is 0. The molecule has 0 bridgehead atoms. The summed E-state index contributed by atoms with van der Waals surface area (Å²) in [6.45, 7) is -0.464. The molecule has 0 amide bonds. The van der Waals surface area contributed by atoms with Gasteiger partial charge in [-0.25, -0.2) is 13.2 Å². The first-order valence-electron chi connectivity index (χ1n) is 3.55. The average Bonchev–Trinajstić information content (AvgIpc) is 2.19. The molecular weight excluding hydrogens is 263 g/mol. The largest absolute Gasteiger partial charge is 0.324 e. The van der Waals surface area contributed by atoms with E-state index < -0.39 is 35.3 Å². The number of carbonyl (C=O) groups is 1. The van der Waals surface area contributed by atoms with Gasteiger partial charge in [-0.15, -0.1) is 0 Å². The molecule has 2 N–H and O–H groups in total. The maximum Gasteiger partial charge on any atom is 0.196 e. The second-order valence-electron chi connectivity index (χ2n) is 2.48. The van der Waals surface area contributed by atoms with Crippen LogP contribution >= 0.6 is 15.9 Å². The van der Waals surface area contributed by atoms with Gasteiger partial charge in [0.1, 0.15) is 0 Å². The Morgan fingerprint density at radius 2 is 1.86 bits per heavy atom. The Hall–Kier alpha value is -0.880. The summed E-state index contributed by atoms with van der Waals surface area (Å²) in [7, 11) is 0. The lowest BCUT2D eigenvalue weighted by molar-refractivity contribution is 0.0996. The Balaban J connectivity index is 3.40. The van der Waals surface area contributed by atoms with Crippen molar-refractivity contribution in [2.24, 2.45) is 5.73 Å². The highest BCUT2D eigenvalue weighted by Gasteiger charge is 2.20. The summed E-state index contributed by atoms with van der Waals surface area (Å²) >= 11 is 2.65. The van der Waals surface area contributed by atoms with E-state index >= 15 is 0 Å². The molecule has 0 spiro atoms. The summed E-state index contributed by atoms with van der Waals surface area (Å²) in [6, 6.07) is 0.864. The van der Waals surface area contributed by atoms with E-state index in [1.54, 1.807) is 0 Å². The molecule has 14 heavy (non-hydrogen) atoms. The third-order valence-electron chi connectivity index (χ3n) is 1.59. The molecule has 0 unspecified atom stereocenters. The number of nitrogens with two attached hydrogens (primary N) is 1. The van der Waals surface area contributed by atoms with Gasteiger partial charge in [-0.05, 0) is 22.0 Å². The summed E-state index contributed by atoms with van der Waals surface area (Å²) in [5, 5.41) is 0. The minimum absolute atomic E-state index is 0.312. The third-order valence-corrected chi connectivity index (χ3v) is 2.17. The van der Waals surface area contributed by atoms with Crippen molar-refractivity contribution in [3.8, 4) is 0 Å². The first kappa shape index (κ1) is 11.2. The van der Waals surface area contributed by atoms with Gasteiger partial charge >= 0.3 is 0 Å². The van der Waals surface area contributed by atoms with E-state index in [4.69, 9.17) is 5.73 Å². The molecule has 2 nitrogen and oxygen atoms in total. The molecule has 1 aromatic carbocycles. The highest BCUT2D eigenvalue weighted by molar-refractivity contribution is 9.10. The van der Waals surface area contributed by atoms with Gasteiger partial charge in [0.15, 0.2) is 23.2 Å². The summed E-state index contributed by atoms with van der Waals surface area (Å²) in [5.41, 5.74) is 4.41. The first-order valence-corrected chi connectivity index (χ1v) is 4.34. The Kier molecular flexibility index (Phi) is 3.28. The summed E-state index contributed by atoms with van der Waals surface area (Å²) in [5.74, 6) is -5.35. The van der Waals surface area contributed by atoms with Gasteiger partial charge in [0.25, 0.3) is 0 Å². The van der Waals surface area contributed by atoms with Crippen LogP contribution in [0.25, 0.3) is 0 Å². The van der Waals surface area contributed by atoms with Crippen LogP contribution in [0.5, 0.6) is 0 Å². The lowest BCUT2D eigenvalue weighted by Crippen LogP contribution is -2.16. The van der Waals surface area contributed by atoms with Crippen molar-refractivity contribution in [3.63, 3.8) is 0 Å². The SMILES string of the molecule is NCC(=O)c1cc(Br)c(F)c(F)c1F. The Labute approximate surface area is 86.0 Å². The van der Waals surface area contributed by atoms with Crippen molar-refractivity contribution < 1.29 is 18.0 Å². The van der Waals surface area contributed by atoms with E-state index in [0.717, 1.165) is 6.07 Å². The molecular formula is C8H5BrF3NO. The molecule has 76 valence electrons. The molecule has 0 aliphatic carbocycles. The number of hydrogen-bond acceptors (Lipinski definition) is 2. The maximum absolute atomic E-state index is 13.0. The van der Waals surface area contributed by atoms with Crippen LogP contribution in [0.15, 0.2) is 10.5 Å². The fraction of sp³-hybridized carbons (Fsp3) is 0.125. The average molecular weight is 268 g/mol. The predicted molar refractivity (Wildman–Crippen MR) is 47.4 cm³/mol. The van der Waals surface area contributed by atoms with Crippen molar-refractivity contribution in [2.75, 3.05) is 6.54 Å². The molecule has 0 saturated carbocycles. The second kappa shape index (κ2) is 4.10. The molecule has 0 saturated heterocycles. The van der Waals surface area contributed by atoms with Crippen molar-refractivity contribution in [3.05, 3.63) is 33.6 Å². The van der Waals surface area contributed by atoms with Crippen LogP contribution < -0.4 is 5.73 Å². The fourth-order valence-electron chi connectivity index (χ4n) is 0.886. The number of rotatable bonds is 2. The van der Waals surface area contributed by atoms with Crippen LogP contribution in [0.1, 0.15) is 10.4 Å². The zero-order chi connectivity index (χ0) is 10.9. The minimum atomic E-state index is -1.68. The lowest BCUT2D eigenvalue weighted by Gasteiger charge is -2.03. The van der Waals surface area contributed by atoms with E-state index in [1.807, 2.05) is 0 Å². The summed E-state index contributed by atoms with van der Waals surface area (Å²) < 4.78 is 38.2. The maximum atomic E-state index is 13.0. The van der Waals surface area contributed by atoms with Gasteiger partial charge < -0.3 is 5.73 Å². The van der Waals surface area contributed by atoms with Crippen molar-refractivity contribution in [1.82, 2.24) is 0 Å². The number of carbonyl (C=O) groups excluding carboxylic acids is 1. The second-order valence-corrected chi connectivity index (χ2v) is 3.33. The highest BCUT2D eigenvalue weighted by atomic mass is 79.9. The van der Waals surface area contributed by atoms with Gasteiger partial charge in [-0.1, -0.05) is 0 Å². The lowest BCUT2D eigenvalue weighted by atomic mass is 10.1.